The third-order valence-corrected chi connectivity index (χ3v) is 4.70. The first-order chi connectivity index (χ1) is 6.50. The van der Waals surface area contributed by atoms with E-state index >= 15 is 0 Å². The van der Waals surface area contributed by atoms with Crippen LogP contribution in [-0.4, -0.2) is 56.7 Å². The number of hydrogen-bond acceptors (Lipinski definition) is 4. The molecule has 2 fully saturated rings. The average molecular weight is 219 g/mol. The summed E-state index contributed by atoms with van der Waals surface area (Å²) in [5.74, 6) is 0. The molecule has 0 amide bonds. The fourth-order valence-corrected chi connectivity index (χ4v) is 3.47. The van der Waals surface area contributed by atoms with Crippen LogP contribution < -0.4 is 0 Å². The van der Waals surface area contributed by atoms with E-state index in [9.17, 15) is 8.42 Å². The second kappa shape index (κ2) is 3.47. The molecule has 2 rings (SSSR count). The van der Waals surface area contributed by atoms with E-state index in [4.69, 9.17) is 4.74 Å². The van der Waals surface area contributed by atoms with Gasteiger partial charge >= 0.3 is 0 Å². The summed E-state index contributed by atoms with van der Waals surface area (Å²) < 4.78 is 27.9. The Morgan fingerprint density at radius 3 is 2.64 bits per heavy atom. The molecule has 4 nitrogen and oxygen atoms in total. The molecule has 0 aromatic heterocycles. The van der Waals surface area contributed by atoms with Crippen LogP contribution in [0.4, 0.5) is 0 Å². The highest BCUT2D eigenvalue weighted by molar-refractivity contribution is 7.91. The van der Waals surface area contributed by atoms with E-state index in [0.717, 1.165) is 26.2 Å². The Morgan fingerprint density at radius 2 is 2.14 bits per heavy atom. The van der Waals surface area contributed by atoms with Gasteiger partial charge < -0.3 is 4.74 Å². The van der Waals surface area contributed by atoms with Crippen molar-refractivity contribution in [2.75, 3.05) is 26.0 Å². The quantitative estimate of drug-likeness (QED) is 0.650. The van der Waals surface area contributed by atoms with Crippen molar-refractivity contribution < 1.29 is 13.2 Å². The van der Waals surface area contributed by atoms with Crippen molar-refractivity contribution in [2.45, 2.75) is 30.7 Å². The highest BCUT2D eigenvalue weighted by atomic mass is 32.2. The van der Waals surface area contributed by atoms with Crippen LogP contribution in [0.3, 0.4) is 0 Å². The van der Waals surface area contributed by atoms with Crippen LogP contribution in [0, 0.1) is 0 Å². The molecule has 1 aliphatic heterocycles. The van der Waals surface area contributed by atoms with Crippen LogP contribution in [0.25, 0.3) is 0 Å². The van der Waals surface area contributed by atoms with Crippen LogP contribution in [0.15, 0.2) is 0 Å². The zero-order valence-electron chi connectivity index (χ0n) is 8.64. The molecule has 0 radical (unpaired) electrons. The van der Waals surface area contributed by atoms with Gasteiger partial charge in [-0.25, -0.2) is 8.42 Å². The van der Waals surface area contributed by atoms with E-state index < -0.39 is 9.84 Å². The van der Waals surface area contributed by atoms with Crippen molar-refractivity contribution in [2.24, 2.45) is 0 Å². The first-order valence-corrected chi connectivity index (χ1v) is 6.98. The van der Waals surface area contributed by atoms with Gasteiger partial charge in [0.25, 0.3) is 0 Å². The van der Waals surface area contributed by atoms with Gasteiger partial charge in [-0.15, -0.1) is 0 Å². The van der Waals surface area contributed by atoms with Crippen LogP contribution in [0.2, 0.25) is 0 Å². The molecule has 0 bridgehead atoms. The molecule has 1 aliphatic carbocycles. The minimum atomic E-state index is -2.83. The number of ether oxygens (including phenoxy) is 1. The number of nitrogens with zero attached hydrogens (tertiary/aromatic N) is 1. The number of sulfone groups is 1. The zero-order chi connectivity index (χ0) is 10.3. The summed E-state index contributed by atoms with van der Waals surface area (Å²) in [6, 6.07) is 0.615. The molecule has 0 aromatic rings. The first kappa shape index (κ1) is 10.4. The van der Waals surface area contributed by atoms with Crippen molar-refractivity contribution in [1.82, 2.24) is 4.90 Å². The topological polar surface area (TPSA) is 46.6 Å². The van der Waals surface area contributed by atoms with Crippen molar-refractivity contribution in [3.05, 3.63) is 0 Å². The molecule has 0 spiro atoms. The van der Waals surface area contributed by atoms with Gasteiger partial charge in [-0.1, -0.05) is 0 Å². The Hall–Kier alpha value is -0.130. The number of rotatable bonds is 2. The largest absolute Gasteiger partial charge is 0.379 e. The lowest BCUT2D eigenvalue weighted by molar-refractivity contribution is -0.00434. The lowest BCUT2D eigenvalue weighted by Gasteiger charge is -2.33. The molecule has 2 aliphatic rings. The second-order valence-corrected chi connectivity index (χ2v) is 6.60. The maximum atomic E-state index is 11.3. The maximum Gasteiger partial charge on any atom is 0.151 e. The molecule has 0 aromatic carbocycles. The second-order valence-electron chi connectivity index (χ2n) is 4.33. The Kier molecular flexibility index (Phi) is 2.57. The van der Waals surface area contributed by atoms with Crippen molar-refractivity contribution in [1.29, 1.82) is 0 Å². The molecule has 3 atom stereocenters. The van der Waals surface area contributed by atoms with Gasteiger partial charge in [-0.2, -0.15) is 0 Å². The van der Waals surface area contributed by atoms with Gasteiger partial charge in [-0.05, 0) is 13.3 Å². The Morgan fingerprint density at radius 1 is 1.43 bits per heavy atom. The van der Waals surface area contributed by atoms with Gasteiger partial charge in [0.05, 0.1) is 18.5 Å². The van der Waals surface area contributed by atoms with Crippen molar-refractivity contribution in [3.63, 3.8) is 0 Å². The molecule has 1 saturated heterocycles. The highest BCUT2D eigenvalue weighted by Gasteiger charge is 2.49. The van der Waals surface area contributed by atoms with E-state index in [0.29, 0.717) is 6.04 Å². The van der Waals surface area contributed by atoms with E-state index in [1.807, 2.05) is 0 Å². The fourth-order valence-electron chi connectivity index (χ4n) is 2.20. The Balaban J connectivity index is 1.98. The minimum absolute atomic E-state index is 0.122. The van der Waals surface area contributed by atoms with Gasteiger partial charge in [0, 0.05) is 24.9 Å². The van der Waals surface area contributed by atoms with Gasteiger partial charge in [0.2, 0.25) is 0 Å². The number of morpholine rings is 1. The van der Waals surface area contributed by atoms with Crippen LogP contribution in [-0.2, 0) is 14.6 Å². The smallest absolute Gasteiger partial charge is 0.151 e. The molecule has 0 N–H and O–H groups in total. The summed E-state index contributed by atoms with van der Waals surface area (Å²) in [7, 11) is -2.83. The monoisotopic (exact) mass is 219 g/mol. The van der Waals surface area contributed by atoms with Crippen LogP contribution >= 0.6 is 0 Å². The maximum absolute atomic E-state index is 11.3. The summed E-state index contributed by atoms with van der Waals surface area (Å²) in [4.78, 5) is 2.27. The van der Waals surface area contributed by atoms with Crippen molar-refractivity contribution >= 4 is 9.84 Å². The molecule has 82 valence electrons. The van der Waals surface area contributed by atoms with Crippen molar-refractivity contribution in [3.8, 4) is 0 Å². The Bertz CT molecular complexity index is 314. The zero-order valence-corrected chi connectivity index (χ0v) is 9.46. The summed E-state index contributed by atoms with van der Waals surface area (Å²) >= 11 is 0. The average Bonchev–Trinajstić information content (AvgIpc) is 2.83. The van der Waals surface area contributed by atoms with E-state index in [1.165, 1.54) is 6.26 Å². The Labute approximate surface area is 85.1 Å². The number of hydrogen-bond donors (Lipinski definition) is 0. The molecule has 1 heterocycles. The predicted molar refractivity (Wildman–Crippen MR) is 54.0 cm³/mol. The summed E-state index contributed by atoms with van der Waals surface area (Å²) in [6.07, 6.45) is 2.14. The summed E-state index contributed by atoms with van der Waals surface area (Å²) in [5.41, 5.74) is 0. The van der Waals surface area contributed by atoms with Gasteiger partial charge in [-0.3, -0.25) is 4.90 Å². The minimum Gasteiger partial charge on any atom is -0.379 e. The lowest BCUT2D eigenvalue weighted by atomic mass is 10.2. The standard InChI is InChI=1S/C9H17NO3S/c1-7-6-13-4-3-10(7)8-5-9(8)14(2,11)12/h7-9H,3-6H2,1-2H3/t7-,8?,9?/m1/s1. The highest BCUT2D eigenvalue weighted by Crippen LogP contribution is 2.36. The summed E-state index contributed by atoms with van der Waals surface area (Å²) in [5, 5.41) is -0.122. The van der Waals surface area contributed by atoms with E-state index in [1.54, 1.807) is 0 Å². The SMILES string of the molecule is C[C@@H]1COCCN1C1CC1S(C)(=O)=O. The van der Waals surface area contributed by atoms with Crippen LogP contribution in [0.5, 0.6) is 0 Å². The first-order valence-electron chi connectivity index (χ1n) is 5.02. The lowest BCUT2D eigenvalue weighted by Crippen LogP contribution is -2.46. The van der Waals surface area contributed by atoms with E-state index in [2.05, 4.69) is 11.8 Å². The van der Waals surface area contributed by atoms with E-state index in [-0.39, 0.29) is 11.3 Å². The summed E-state index contributed by atoms with van der Waals surface area (Å²) in [6.45, 7) is 4.43. The van der Waals surface area contributed by atoms with Crippen LogP contribution in [0.1, 0.15) is 13.3 Å². The third-order valence-electron chi connectivity index (χ3n) is 3.09. The third kappa shape index (κ3) is 1.94. The van der Waals surface area contributed by atoms with Gasteiger partial charge in [0.15, 0.2) is 9.84 Å². The molecular formula is C9H17NO3S. The molecule has 14 heavy (non-hydrogen) atoms. The predicted octanol–water partition coefficient (Wildman–Crippen LogP) is -0.107. The van der Waals surface area contributed by atoms with Gasteiger partial charge in [0.1, 0.15) is 0 Å². The normalized spacial score (nSPS) is 39.7. The molecule has 2 unspecified atom stereocenters. The molecule has 1 saturated carbocycles. The molecular weight excluding hydrogens is 202 g/mol. The molecule has 5 heteroatoms. The fraction of sp³-hybridized carbons (Fsp3) is 1.00.